The standard InChI is InChI=1S/C10H10N2/c1-7-9(11)5-4-8-3-2-6-12-10(7)8/h2-6H,11H2,1H3. The Bertz CT molecular complexity index is 421. The Balaban J connectivity index is 2.91. The summed E-state index contributed by atoms with van der Waals surface area (Å²) in [6.07, 6.45) is 1.79. The summed E-state index contributed by atoms with van der Waals surface area (Å²) in [5.74, 6) is 0. The van der Waals surface area contributed by atoms with Crippen molar-refractivity contribution in [1.82, 2.24) is 4.98 Å². The van der Waals surface area contributed by atoms with Crippen LogP contribution in [-0.4, -0.2) is 4.98 Å². The van der Waals surface area contributed by atoms with Crippen molar-refractivity contribution in [2.45, 2.75) is 6.92 Å². The molecule has 2 aromatic rings. The number of aryl methyl sites for hydroxylation is 1. The molecule has 60 valence electrons. The monoisotopic (exact) mass is 158 g/mol. The predicted octanol–water partition coefficient (Wildman–Crippen LogP) is 2.13. The summed E-state index contributed by atoms with van der Waals surface area (Å²) in [6.45, 7) is 1.99. The highest BCUT2D eigenvalue weighted by atomic mass is 14.7. The van der Waals surface area contributed by atoms with Gasteiger partial charge in [0.1, 0.15) is 0 Å². The third kappa shape index (κ3) is 0.925. The van der Waals surface area contributed by atoms with Gasteiger partial charge in [-0.1, -0.05) is 12.1 Å². The number of hydrogen-bond acceptors (Lipinski definition) is 2. The number of aromatic nitrogens is 1. The lowest BCUT2D eigenvalue weighted by Crippen LogP contribution is -1.91. The van der Waals surface area contributed by atoms with E-state index in [0.717, 1.165) is 22.2 Å². The maximum atomic E-state index is 5.75. The smallest absolute Gasteiger partial charge is 0.0751 e. The molecule has 0 spiro atoms. The molecule has 0 saturated heterocycles. The maximum Gasteiger partial charge on any atom is 0.0751 e. The first kappa shape index (κ1) is 7.10. The number of benzene rings is 1. The van der Waals surface area contributed by atoms with Gasteiger partial charge < -0.3 is 5.73 Å². The maximum absolute atomic E-state index is 5.75. The first-order valence-corrected chi connectivity index (χ1v) is 3.89. The number of rotatable bonds is 0. The van der Waals surface area contributed by atoms with Gasteiger partial charge in [0.2, 0.25) is 0 Å². The van der Waals surface area contributed by atoms with Crippen LogP contribution in [0.2, 0.25) is 0 Å². The Hall–Kier alpha value is -1.57. The van der Waals surface area contributed by atoms with Gasteiger partial charge in [0.25, 0.3) is 0 Å². The SMILES string of the molecule is Cc1c(N)ccc2cccnc12. The summed E-state index contributed by atoms with van der Waals surface area (Å²) in [6, 6.07) is 7.87. The Kier molecular flexibility index (Phi) is 1.47. The van der Waals surface area contributed by atoms with Crippen LogP contribution >= 0.6 is 0 Å². The largest absolute Gasteiger partial charge is 0.398 e. The molecule has 1 heterocycles. The van der Waals surface area contributed by atoms with E-state index in [1.165, 1.54) is 0 Å². The van der Waals surface area contributed by atoms with Crippen molar-refractivity contribution in [3.05, 3.63) is 36.0 Å². The first-order valence-electron chi connectivity index (χ1n) is 3.89. The lowest BCUT2D eigenvalue weighted by Gasteiger charge is -2.02. The number of fused-ring (bicyclic) bond motifs is 1. The molecule has 0 radical (unpaired) electrons. The average molecular weight is 158 g/mol. The van der Waals surface area contributed by atoms with Crippen LogP contribution in [-0.2, 0) is 0 Å². The van der Waals surface area contributed by atoms with E-state index in [-0.39, 0.29) is 0 Å². The van der Waals surface area contributed by atoms with Crippen LogP contribution in [0.15, 0.2) is 30.5 Å². The van der Waals surface area contributed by atoms with Crippen molar-refractivity contribution in [2.24, 2.45) is 0 Å². The summed E-state index contributed by atoms with van der Waals surface area (Å²) >= 11 is 0. The Morgan fingerprint density at radius 2 is 2.08 bits per heavy atom. The lowest BCUT2D eigenvalue weighted by atomic mass is 10.1. The fourth-order valence-electron chi connectivity index (χ4n) is 1.31. The molecule has 0 aliphatic heterocycles. The van der Waals surface area contributed by atoms with Gasteiger partial charge in [-0.05, 0) is 24.6 Å². The van der Waals surface area contributed by atoms with Gasteiger partial charge in [-0.3, -0.25) is 4.98 Å². The van der Waals surface area contributed by atoms with Crippen LogP contribution in [0.3, 0.4) is 0 Å². The molecule has 2 rings (SSSR count). The quantitative estimate of drug-likeness (QED) is 0.596. The van der Waals surface area contributed by atoms with Gasteiger partial charge in [0.05, 0.1) is 5.52 Å². The van der Waals surface area contributed by atoms with Gasteiger partial charge in [-0.15, -0.1) is 0 Å². The summed E-state index contributed by atoms with van der Waals surface area (Å²) in [5, 5.41) is 1.14. The molecule has 0 amide bonds. The number of nitrogens with two attached hydrogens (primary N) is 1. The average Bonchev–Trinajstić information content (AvgIpc) is 2.12. The minimum Gasteiger partial charge on any atom is -0.398 e. The molecule has 0 unspecified atom stereocenters. The minimum absolute atomic E-state index is 0.807. The highest BCUT2D eigenvalue weighted by molar-refractivity contribution is 5.85. The van der Waals surface area contributed by atoms with Crippen LogP contribution in [0, 0.1) is 6.92 Å². The third-order valence-electron chi connectivity index (χ3n) is 2.07. The van der Waals surface area contributed by atoms with E-state index in [1.807, 2.05) is 31.2 Å². The van der Waals surface area contributed by atoms with E-state index in [0.29, 0.717) is 0 Å². The zero-order valence-electron chi connectivity index (χ0n) is 6.91. The van der Waals surface area contributed by atoms with Gasteiger partial charge >= 0.3 is 0 Å². The molecule has 2 N–H and O–H groups in total. The summed E-state index contributed by atoms with van der Waals surface area (Å²) in [7, 11) is 0. The van der Waals surface area contributed by atoms with E-state index < -0.39 is 0 Å². The predicted molar refractivity (Wildman–Crippen MR) is 50.9 cm³/mol. The minimum atomic E-state index is 0.807. The van der Waals surface area contributed by atoms with Crippen LogP contribution in [0.25, 0.3) is 10.9 Å². The van der Waals surface area contributed by atoms with Crippen molar-refractivity contribution in [1.29, 1.82) is 0 Å². The highest BCUT2D eigenvalue weighted by Gasteiger charge is 1.99. The van der Waals surface area contributed by atoms with Gasteiger partial charge in [0.15, 0.2) is 0 Å². The lowest BCUT2D eigenvalue weighted by molar-refractivity contribution is 1.37. The van der Waals surface area contributed by atoms with Gasteiger partial charge in [-0.2, -0.15) is 0 Å². The Morgan fingerprint density at radius 3 is 2.92 bits per heavy atom. The molecule has 2 nitrogen and oxygen atoms in total. The summed E-state index contributed by atoms with van der Waals surface area (Å²) < 4.78 is 0. The molecular weight excluding hydrogens is 148 g/mol. The normalized spacial score (nSPS) is 10.4. The van der Waals surface area contributed by atoms with Crippen molar-refractivity contribution in [2.75, 3.05) is 5.73 Å². The Labute approximate surface area is 71.0 Å². The number of pyridine rings is 1. The van der Waals surface area contributed by atoms with E-state index >= 15 is 0 Å². The molecule has 0 aliphatic rings. The summed E-state index contributed by atoms with van der Waals surface area (Å²) in [5.41, 5.74) is 8.61. The topological polar surface area (TPSA) is 38.9 Å². The molecule has 0 aliphatic carbocycles. The molecular formula is C10H10N2. The second-order valence-electron chi connectivity index (χ2n) is 2.85. The van der Waals surface area contributed by atoms with Crippen molar-refractivity contribution >= 4 is 16.6 Å². The first-order chi connectivity index (χ1) is 5.79. The van der Waals surface area contributed by atoms with Crippen molar-refractivity contribution in [3.63, 3.8) is 0 Å². The highest BCUT2D eigenvalue weighted by Crippen LogP contribution is 2.20. The van der Waals surface area contributed by atoms with Crippen LogP contribution in [0.5, 0.6) is 0 Å². The van der Waals surface area contributed by atoms with Crippen LogP contribution in [0.1, 0.15) is 5.56 Å². The second-order valence-corrected chi connectivity index (χ2v) is 2.85. The molecule has 0 bridgehead atoms. The Morgan fingerprint density at radius 1 is 1.25 bits per heavy atom. The molecule has 12 heavy (non-hydrogen) atoms. The zero-order chi connectivity index (χ0) is 8.55. The van der Waals surface area contributed by atoms with E-state index in [2.05, 4.69) is 4.98 Å². The number of nitrogens with zero attached hydrogens (tertiary/aromatic N) is 1. The molecule has 0 fully saturated rings. The fourth-order valence-corrected chi connectivity index (χ4v) is 1.31. The second kappa shape index (κ2) is 2.48. The number of hydrogen-bond donors (Lipinski definition) is 1. The van der Waals surface area contributed by atoms with Crippen molar-refractivity contribution in [3.8, 4) is 0 Å². The molecule has 0 saturated carbocycles. The summed E-state index contributed by atoms with van der Waals surface area (Å²) in [4.78, 5) is 4.26. The molecule has 1 aromatic carbocycles. The van der Waals surface area contributed by atoms with Gasteiger partial charge in [-0.25, -0.2) is 0 Å². The third-order valence-corrected chi connectivity index (χ3v) is 2.07. The zero-order valence-corrected chi connectivity index (χ0v) is 6.91. The van der Waals surface area contributed by atoms with Crippen molar-refractivity contribution < 1.29 is 0 Å². The van der Waals surface area contributed by atoms with Crippen LogP contribution < -0.4 is 5.73 Å². The number of anilines is 1. The van der Waals surface area contributed by atoms with Crippen LogP contribution in [0.4, 0.5) is 5.69 Å². The molecule has 0 atom stereocenters. The van der Waals surface area contributed by atoms with Gasteiger partial charge in [0, 0.05) is 17.3 Å². The van der Waals surface area contributed by atoms with E-state index in [4.69, 9.17) is 5.73 Å². The van der Waals surface area contributed by atoms with E-state index in [9.17, 15) is 0 Å². The number of nitrogen functional groups attached to an aromatic ring is 1. The molecule has 1 aromatic heterocycles. The molecule has 2 heteroatoms. The van der Waals surface area contributed by atoms with E-state index in [1.54, 1.807) is 6.20 Å². The fraction of sp³-hybridized carbons (Fsp3) is 0.100.